The summed E-state index contributed by atoms with van der Waals surface area (Å²) in [6.07, 6.45) is 2.20. The summed E-state index contributed by atoms with van der Waals surface area (Å²) in [6.45, 7) is 4.74. The Balaban J connectivity index is 2.56. The summed E-state index contributed by atoms with van der Waals surface area (Å²) in [5.74, 6) is 0.295. The van der Waals surface area contributed by atoms with Gasteiger partial charge in [-0.1, -0.05) is 13.8 Å². The fraction of sp³-hybridized carbons (Fsp3) is 0.538. The summed E-state index contributed by atoms with van der Waals surface area (Å²) >= 11 is 0. The maximum absolute atomic E-state index is 12.0. The van der Waals surface area contributed by atoms with Crippen LogP contribution in [-0.4, -0.2) is 35.4 Å². The van der Waals surface area contributed by atoms with E-state index in [1.807, 2.05) is 0 Å². The standard InChI is InChI=1S/C13H21N3O2/c1-9(2)11(14)6-7-16(3)13(18)10-4-5-12(17)15-8-10/h4-5,8-9,11H,6-7,14H2,1-3H3,(H,15,17). The SMILES string of the molecule is CC(C)C(N)CCN(C)C(=O)c1ccc(=O)[nH]c1. The third-order valence-corrected chi connectivity index (χ3v) is 3.03. The summed E-state index contributed by atoms with van der Waals surface area (Å²) in [6, 6.07) is 2.97. The van der Waals surface area contributed by atoms with Crippen LogP contribution in [0.1, 0.15) is 30.6 Å². The number of carbonyl (C=O) groups excluding carboxylic acids is 1. The average molecular weight is 251 g/mol. The van der Waals surface area contributed by atoms with Crippen molar-refractivity contribution in [2.24, 2.45) is 11.7 Å². The Kier molecular flexibility index (Phi) is 5.09. The van der Waals surface area contributed by atoms with Crippen molar-refractivity contribution in [1.82, 2.24) is 9.88 Å². The van der Waals surface area contributed by atoms with Gasteiger partial charge in [0.1, 0.15) is 0 Å². The molecule has 0 aliphatic rings. The van der Waals surface area contributed by atoms with E-state index in [0.717, 1.165) is 6.42 Å². The van der Waals surface area contributed by atoms with Crippen LogP contribution < -0.4 is 11.3 Å². The zero-order valence-corrected chi connectivity index (χ0v) is 11.1. The van der Waals surface area contributed by atoms with Gasteiger partial charge < -0.3 is 15.6 Å². The molecule has 1 amide bonds. The van der Waals surface area contributed by atoms with Crippen LogP contribution in [0.5, 0.6) is 0 Å². The van der Waals surface area contributed by atoms with E-state index in [1.54, 1.807) is 11.9 Å². The van der Waals surface area contributed by atoms with E-state index in [0.29, 0.717) is 18.0 Å². The number of aromatic amines is 1. The number of hydrogen-bond acceptors (Lipinski definition) is 3. The highest BCUT2D eigenvalue weighted by atomic mass is 16.2. The smallest absolute Gasteiger partial charge is 0.255 e. The van der Waals surface area contributed by atoms with Crippen LogP contribution in [0.15, 0.2) is 23.1 Å². The third kappa shape index (κ3) is 4.00. The van der Waals surface area contributed by atoms with Gasteiger partial charge in [-0.25, -0.2) is 0 Å². The van der Waals surface area contributed by atoms with Gasteiger partial charge in [0.05, 0.1) is 5.56 Å². The fourth-order valence-corrected chi connectivity index (χ4v) is 1.54. The van der Waals surface area contributed by atoms with E-state index in [2.05, 4.69) is 18.8 Å². The number of H-pyrrole nitrogens is 1. The molecule has 0 aliphatic carbocycles. The van der Waals surface area contributed by atoms with Gasteiger partial charge in [-0.2, -0.15) is 0 Å². The monoisotopic (exact) mass is 251 g/mol. The highest BCUT2D eigenvalue weighted by molar-refractivity contribution is 5.93. The molecule has 0 fully saturated rings. The number of amides is 1. The van der Waals surface area contributed by atoms with Crippen molar-refractivity contribution in [1.29, 1.82) is 0 Å². The quantitative estimate of drug-likeness (QED) is 0.813. The molecule has 0 spiro atoms. The maximum Gasteiger partial charge on any atom is 0.255 e. The van der Waals surface area contributed by atoms with Gasteiger partial charge in [0.25, 0.3) is 5.91 Å². The van der Waals surface area contributed by atoms with E-state index >= 15 is 0 Å². The molecule has 100 valence electrons. The Bertz CT molecular complexity index is 433. The van der Waals surface area contributed by atoms with Crippen LogP contribution in [0.25, 0.3) is 0 Å². The van der Waals surface area contributed by atoms with Crippen molar-refractivity contribution in [2.45, 2.75) is 26.3 Å². The number of aromatic nitrogens is 1. The first-order valence-corrected chi connectivity index (χ1v) is 6.11. The predicted octanol–water partition coefficient (Wildman–Crippen LogP) is 0.820. The van der Waals surface area contributed by atoms with Gasteiger partial charge in [0.15, 0.2) is 0 Å². The summed E-state index contributed by atoms with van der Waals surface area (Å²) < 4.78 is 0. The molecule has 1 heterocycles. The number of hydrogen-bond donors (Lipinski definition) is 2. The Hall–Kier alpha value is -1.62. The summed E-state index contributed by atoms with van der Waals surface area (Å²) in [5, 5.41) is 0. The van der Waals surface area contributed by atoms with Crippen LogP contribution in [0.2, 0.25) is 0 Å². The van der Waals surface area contributed by atoms with Crippen molar-refractivity contribution < 1.29 is 4.79 Å². The van der Waals surface area contributed by atoms with Gasteiger partial charge in [-0.15, -0.1) is 0 Å². The largest absolute Gasteiger partial charge is 0.342 e. The zero-order chi connectivity index (χ0) is 13.7. The lowest BCUT2D eigenvalue weighted by atomic mass is 10.0. The van der Waals surface area contributed by atoms with Crippen molar-refractivity contribution in [3.05, 3.63) is 34.2 Å². The predicted molar refractivity (Wildman–Crippen MR) is 71.5 cm³/mol. The lowest BCUT2D eigenvalue weighted by molar-refractivity contribution is 0.0788. The van der Waals surface area contributed by atoms with Gasteiger partial charge >= 0.3 is 0 Å². The van der Waals surface area contributed by atoms with Gasteiger partial charge in [0, 0.05) is 31.9 Å². The molecule has 0 saturated carbocycles. The second kappa shape index (κ2) is 6.35. The normalized spacial score (nSPS) is 12.5. The van der Waals surface area contributed by atoms with Gasteiger partial charge in [0.2, 0.25) is 5.56 Å². The lowest BCUT2D eigenvalue weighted by Gasteiger charge is -2.21. The highest BCUT2D eigenvalue weighted by Gasteiger charge is 2.14. The number of nitrogens with zero attached hydrogens (tertiary/aromatic N) is 1. The van der Waals surface area contributed by atoms with Crippen LogP contribution in [-0.2, 0) is 0 Å². The molecule has 0 aliphatic heterocycles. The van der Waals surface area contributed by atoms with E-state index in [-0.39, 0.29) is 17.5 Å². The molecular weight excluding hydrogens is 230 g/mol. The first kappa shape index (κ1) is 14.4. The van der Waals surface area contributed by atoms with Crippen molar-refractivity contribution in [3.63, 3.8) is 0 Å². The molecule has 1 aromatic rings. The van der Waals surface area contributed by atoms with Crippen LogP contribution in [0, 0.1) is 5.92 Å². The number of nitrogens with one attached hydrogen (secondary N) is 1. The highest BCUT2D eigenvalue weighted by Crippen LogP contribution is 2.06. The molecule has 1 aromatic heterocycles. The van der Waals surface area contributed by atoms with Crippen molar-refractivity contribution in [2.75, 3.05) is 13.6 Å². The summed E-state index contributed by atoms with van der Waals surface area (Å²) in [5.41, 5.74) is 6.21. The minimum Gasteiger partial charge on any atom is -0.342 e. The average Bonchev–Trinajstić information content (AvgIpc) is 2.35. The van der Waals surface area contributed by atoms with E-state index in [9.17, 15) is 9.59 Å². The number of carbonyl (C=O) groups is 1. The summed E-state index contributed by atoms with van der Waals surface area (Å²) in [4.78, 5) is 27.0. The second-order valence-corrected chi connectivity index (χ2v) is 4.86. The van der Waals surface area contributed by atoms with E-state index in [4.69, 9.17) is 5.73 Å². The molecule has 5 nitrogen and oxygen atoms in total. The van der Waals surface area contributed by atoms with Crippen LogP contribution in [0.4, 0.5) is 0 Å². The molecule has 0 saturated heterocycles. The summed E-state index contributed by atoms with van der Waals surface area (Å²) in [7, 11) is 1.74. The van der Waals surface area contributed by atoms with E-state index < -0.39 is 0 Å². The Morgan fingerprint density at radius 2 is 2.11 bits per heavy atom. The minimum absolute atomic E-state index is 0.0934. The molecule has 0 radical (unpaired) electrons. The topological polar surface area (TPSA) is 79.2 Å². The maximum atomic E-state index is 12.0. The van der Waals surface area contributed by atoms with Crippen molar-refractivity contribution >= 4 is 5.91 Å². The van der Waals surface area contributed by atoms with Gasteiger partial charge in [-0.05, 0) is 18.4 Å². The number of pyridine rings is 1. The molecule has 5 heteroatoms. The molecule has 1 unspecified atom stereocenters. The third-order valence-electron chi connectivity index (χ3n) is 3.03. The zero-order valence-electron chi connectivity index (χ0n) is 11.1. The molecule has 0 bridgehead atoms. The molecule has 0 aromatic carbocycles. The Morgan fingerprint density at radius 3 is 2.61 bits per heavy atom. The Morgan fingerprint density at radius 1 is 1.44 bits per heavy atom. The number of rotatable bonds is 5. The van der Waals surface area contributed by atoms with Gasteiger partial charge in [-0.3, -0.25) is 9.59 Å². The molecular formula is C13H21N3O2. The Labute approximate surface area is 107 Å². The van der Waals surface area contributed by atoms with E-state index in [1.165, 1.54) is 18.3 Å². The first-order valence-electron chi connectivity index (χ1n) is 6.11. The fourth-order valence-electron chi connectivity index (χ4n) is 1.54. The number of nitrogens with two attached hydrogens (primary N) is 1. The lowest BCUT2D eigenvalue weighted by Crippen LogP contribution is -2.34. The molecule has 1 rings (SSSR count). The van der Waals surface area contributed by atoms with Crippen LogP contribution in [0.3, 0.4) is 0 Å². The molecule has 3 N–H and O–H groups in total. The first-order chi connectivity index (χ1) is 8.41. The molecule has 1 atom stereocenters. The second-order valence-electron chi connectivity index (χ2n) is 4.86. The molecule has 18 heavy (non-hydrogen) atoms. The minimum atomic E-state index is -0.212. The van der Waals surface area contributed by atoms with Crippen LogP contribution >= 0.6 is 0 Å². The van der Waals surface area contributed by atoms with Crippen molar-refractivity contribution in [3.8, 4) is 0 Å².